The maximum absolute atomic E-state index is 11.5. The average Bonchev–Trinajstić information content (AvgIpc) is 2.48. The Morgan fingerprint density at radius 1 is 1.38 bits per heavy atom. The molecule has 7 heteroatoms. The summed E-state index contributed by atoms with van der Waals surface area (Å²) in [6.45, 7) is 6.37. The van der Waals surface area contributed by atoms with Crippen LogP contribution in [0.4, 0.5) is 16.2 Å². The molecule has 0 atom stereocenters. The van der Waals surface area contributed by atoms with Crippen LogP contribution in [0.2, 0.25) is 0 Å². The topological polar surface area (TPSA) is 89.8 Å². The molecular weight excluding hydrogens is 306 g/mol. The van der Waals surface area contributed by atoms with Gasteiger partial charge in [-0.3, -0.25) is 0 Å². The lowest BCUT2D eigenvalue weighted by Crippen LogP contribution is -2.34. The molecule has 0 saturated heterocycles. The van der Waals surface area contributed by atoms with E-state index in [2.05, 4.69) is 21.7 Å². The zero-order valence-electron chi connectivity index (χ0n) is 14.9. The second-order valence-electron chi connectivity index (χ2n) is 6.41. The van der Waals surface area contributed by atoms with Crippen molar-refractivity contribution in [2.24, 2.45) is 4.99 Å². The van der Waals surface area contributed by atoms with Crippen LogP contribution in [0, 0.1) is 11.3 Å². The van der Waals surface area contributed by atoms with Crippen molar-refractivity contribution in [1.82, 2.24) is 10.2 Å². The fraction of sp³-hybridized carbons (Fsp3) is 0.471. The highest BCUT2D eigenvalue weighted by Gasteiger charge is 2.15. The number of alkyl carbamates (subject to hydrolysis) is 1. The number of hydrogen-bond donors (Lipinski definition) is 2. The third-order valence-corrected chi connectivity index (χ3v) is 2.67. The molecule has 130 valence electrons. The summed E-state index contributed by atoms with van der Waals surface area (Å²) < 4.78 is 5.15. The fourth-order valence-corrected chi connectivity index (χ4v) is 1.71. The summed E-state index contributed by atoms with van der Waals surface area (Å²) in [4.78, 5) is 17.6. The standard InChI is InChI=1S/C17H25N5O2/c1-17(2,3)24-16(23)20-9-8-19-14-6-7-15(13(10-14)11-18)21-12-22(4)5/h6-7,10,12,19H,8-9H2,1-5H3,(H,20,23). The molecule has 1 rings (SSSR count). The summed E-state index contributed by atoms with van der Waals surface area (Å²) in [5.41, 5.74) is 1.38. The van der Waals surface area contributed by atoms with E-state index < -0.39 is 11.7 Å². The first-order valence-corrected chi connectivity index (χ1v) is 7.67. The lowest BCUT2D eigenvalue weighted by molar-refractivity contribution is 0.0530. The van der Waals surface area contributed by atoms with Gasteiger partial charge in [0, 0.05) is 32.9 Å². The Morgan fingerprint density at radius 3 is 2.67 bits per heavy atom. The second-order valence-corrected chi connectivity index (χ2v) is 6.41. The van der Waals surface area contributed by atoms with Crippen LogP contribution in [0.3, 0.4) is 0 Å². The first kappa shape index (κ1) is 19.3. The van der Waals surface area contributed by atoms with Crippen molar-refractivity contribution in [3.8, 4) is 6.07 Å². The van der Waals surface area contributed by atoms with Crippen LogP contribution in [0.15, 0.2) is 23.2 Å². The molecule has 2 N–H and O–H groups in total. The van der Waals surface area contributed by atoms with Gasteiger partial charge in [-0.25, -0.2) is 9.79 Å². The Kier molecular flexibility index (Phi) is 7.05. The molecule has 1 amide bonds. The number of anilines is 1. The summed E-state index contributed by atoms with van der Waals surface area (Å²) in [6, 6.07) is 7.49. The summed E-state index contributed by atoms with van der Waals surface area (Å²) in [6.07, 6.45) is 1.20. The normalized spacial score (nSPS) is 11.0. The van der Waals surface area contributed by atoms with Gasteiger partial charge in [0.25, 0.3) is 0 Å². The van der Waals surface area contributed by atoms with Crippen molar-refractivity contribution in [3.63, 3.8) is 0 Å². The van der Waals surface area contributed by atoms with Crippen molar-refractivity contribution in [1.29, 1.82) is 5.26 Å². The van der Waals surface area contributed by atoms with Gasteiger partial charge in [0.15, 0.2) is 0 Å². The largest absolute Gasteiger partial charge is 0.444 e. The smallest absolute Gasteiger partial charge is 0.407 e. The Morgan fingerprint density at radius 2 is 2.08 bits per heavy atom. The number of aliphatic imine (C=N–C) groups is 1. The molecule has 0 bridgehead atoms. The molecule has 0 unspecified atom stereocenters. The van der Waals surface area contributed by atoms with Gasteiger partial charge in [-0.2, -0.15) is 5.26 Å². The first-order chi connectivity index (χ1) is 11.2. The summed E-state index contributed by atoms with van der Waals surface area (Å²) in [5.74, 6) is 0. The molecule has 0 aliphatic heterocycles. The summed E-state index contributed by atoms with van der Waals surface area (Å²) >= 11 is 0. The van der Waals surface area contributed by atoms with E-state index in [0.29, 0.717) is 24.3 Å². The lowest BCUT2D eigenvalue weighted by atomic mass is 10.1. The Labute approximate surface area is 143 Å². The highest BCUT2D eigenvalue weighted by atomic mass is 16.6. The van der Waals surface area contributed by atoms with Gasteiger partial charge in [-0.1, -0.05) is 0 Å². The molecular formula is C17H25N5O2. The predicted molar refractivity (Wildman–Crippen MR) is 95.7 cm³/mol. The Balaban J connectivity index is 2.52. The van der Waals surface area contributed by atoms with Crippen molar-refractivity contribution >= 4 is 23.8 Å². The van der Waals surface area contributed by atoms with Gasteiger partial charge >= 0.3 is 6.09 Å². The number of nitrogens with one attached hydrogen (secondary N) is 2. The number of amides is 1. The van der Waals surface area contributed by atoms with Crippen molar-refractivity contribution in [2.45, 2.75) is 26.4 Å². The zero-order chi connectivity index (χ0) is 18.2. The minimum atomic E-state index is -0.512. The first-order valence-electron chi connectivity index (χ1n) is 7.67. The van der Waals surface area contributed by atoms with E-state index in [9.17, 15) is 10.1 Å². The predicted octanol–water partition coefficient (Wildman–Crippen LogP) is 2.72. The quantitative estimate of drug-likeness (QED) is 0.475. The number of carbonyl (C=O) groups excluding carboxylic acids is 1. The maximum atomic E-state index is 11.5. The number of benzene rings is 1. The monoisotopic (exact) mass is 331 g/mol. The molecule has 24 heavy (non-hydrogen) atoms. The van der Waals surface area contributed by atoms with Gasteiger partial charge in [0.1, 0.15) is 11.7 Å². The molecule has 7 nitrogen and oxygen atoms in total. The lowest BCUT2D eigenvalue weighted by Gasteiger charge is -2.19. The molecule has 1 aromatic rings. The van der Waals surface area contributed by atoms with Gasteiger partial charge in [0.05, 0.1) is 17.6 Å². The van der Waals surface area contributed by atoms with E-state index in [1.807, 2.05) is 40.9 Å². The van der Waals surface area contributed by atoms with Gasteiger partial charge in [-0.15, -0.1) is 0 Å². The van der Waals surface area contributed by atoms with E-state index in [1.165, 1.54) is 0 Å². The number of carbonyl (C=O) groups is 1. The van der Waals surface area contributed by atoms with E-state index in [4.69, 9.17) is 4.74 Å². The molecule has 0 spiro atoms. The average molecular weight is 331 g/mol. The van der Waals surface area contributed by atoms with Crippen LogP contribution in [0.5, 0.6) is 0 Å². The molecule has 0 radical (unpaired) electrons. The van der Waals surface area contributed by atoms with Crippen LogP contribution in [-0.4, -0.2) is 50.1 Å². The van der Waals surface area contributed by atoms with E-state index >= 15 is 0 Å². The van der Waals surface area contributed by atoms with Crippen molar-refractivity contribution < 1.29 is 9.53 Å². The molecule has 0 heterocycles. The minimum absolute atomic E-state index is 0.414. The molecule has 1 aromatic carbocycles. The molecule has 0 aliphatic carbocycles. The SMILES string of the molecule is CN(C)C=Nc1ccc(NCCNC(=O)OC(C)(C)C)cc1C#N. The summed E-state index contributed by atoms with van der Waals surface area (Å²) in [7, 11) is 3.73. The number of rotatable bonds is 6. The van der Waals surface area contributed by atoms with Crippen molar-refractivity contribution in [2.75, 3.05) is 32.5 Å². The van der Waals surface area contributed by atoms with Crippen LogP contribution < -0.4 is 10.6 Å². The minimum Gasteiger partial charge on any atom is -0.444 e. The second kappa shape index (κ2) is 8.77. The van der Waals surface area contributed by atoms with E-state index in [1.54, 1.807) is 23.4 Å². The van der Waals surface area contributed by atoms with Crippen LogP contribution in [0.25, 0.3) is 0 Å². The fourth-order valence-electron chi connectivity index (χ4n) is 1.71. The maximum Gasteiger partial charge on any atom is 0.407 e. The third kappa shape index (κ3) is 7.49. The number of nitrogens with zero attached hydrogens (tertiary/aromatic N) is 3. The van der Waals surface area contributed by atoms with Gasteiger partial charge in [0.2, 0.25) is 0 Å². The third-order valence-electron chi connectivity index (χ3n) is 2.67. The molecule has 0 saturated carbocycles. The Bertz CT molecular complexity index is 627. The zero-order valence-corrected chi connectivity index (χ0v) is 14.9. The van der Waals surface area contributed by atoms with E-state index in [0.717, 1.165) is 5.69 Å². The summed E-state index contributed by atoms with van der Waals surface area (Å²) in [5, 5.41) is 15.0. The van der Waals surface area contributed by atoms with Gasteiger partial charge < -0.3 is 20.3 Å². The number of hydrogen-bond acceptors (Lipinski definition) is 5. The molecule has 0 aliphatic rings. The molecule has 0 fully saturated rings. The van der Waals surface area contributed by atoms with Crippen LogP contribution in [-0.2, 0) is 4.74 Å². The highest BCUT2D eigenvalue weighted by molar-refractivity contribution is 5.68. The highest BCUT2D eigenvalue weighted by Crippen LogP contribution is 2.22. The molecule has 0 aromatic heterocycles. The van der Waals surface area contributed by atoms with E-state index in [-0.39, 0.29) is 0 Å². The number of nitriles is 1. The van der Waals surface area contributed by atoms with Gasteiger partial charge in [-0.05, 0) is 39.0 Å². The van der Waals surface area contributed by atoms with Crippen molar-refractivity contribution in [3.05, 3.63) is 23.8 Å². The van der Waals surface area contributed by atoms with Crippen LogP contribution in [0.1, 0.15) is 26.3 Å². The van der Waals surface area contributed by atoms with Crippen LogP contribution >= 0.6 is 0 Å². The Hall–Kier alpha value is -2.75. The number of ether oxygens (including phenoxy) is 1.